The van der Waals surface area contributed by atoms with Crippen LogP contribution >= 0.6 is 0 Å². The lowest BCUT2D eigenvalue weighted by molar-refractivity contribution is 0.00178. The Kier molecular flexibility index (Phi) is 4.70. The van der Waals surface area contributed by atoms with E-state index in [9.17, 15) is 0 Å². The van der Waals surface area contributed by atoms with Gasteiger partial charge in [-0.15, -0.1) is 0 Å². The highest BCUT2D eigenvalue weighted by Crippen LogP contribution is 2.27. The van der Waals surface area contributed by atoms with Gasteiger partial charge in [-0.2, -0.15) is 0 Å². The molecule has 0 bridgehead atoms. The minimum Gasteiger partial charge on any atom is -0.396 e. The van der Waals surface area contributed by atoms with E-state index in [1.807, 2.05) is 6.92 Å². The number of hydrogen-bond donors (Lipinski definition) is 2. The lowest BCUT2D eigenvalue weighted by atomic mass is 10.1. The van der Waals surface area contributed by atoms with Gasteiger partial charge in [0.2, 0.25) is 0 Å². The molecule has 0 aromatic heterocycles. The summed E-state index contributed by atoms with van der Waals surface area (Å²) < 4.78 is 5.72. The molecule has 3 unspecified atom stereocenters. The predicted octanol–water partition coefficient (Wildman–Crippen LogP) is 0.759. The normalized spacial score (nSPS) is 30.7. The van der Waals surface area contributed by atoms with E-state index in [0.29, 0.717) is 18.6 Å². The largest absolute Gasteiger partial charge is 0.396 e. The smallest absolute Gasteiger partial charge is 0.0615 e. The fraction of sp³-hybridized carbons (Fsp3) is 1.00. The summed E-state index contributed by atoms with van der Waals surface area (Å²) in [4.78, 5) is 0. The SMILES string of the molecule is CC(CO)COC1CCCC1CN. The summed E-state index contributed by atoms with van der Waals surface area (Å²) in [6.45, 7) is 3.60. The Hall–Kier alpha value is -0.120. The highest BCUT2D eigenvalue weighted by molar-refractivity contribution is 4.78. The molecule has 1 rings (SSSR count). The number of nitrogens with two attached hydrogens (primary N) is 1. The molecule has 3 N–H and O–H groups in total. The third-order valence-electron chi connectivity index (χ3n) is 2.80. The Balaban J connectivity index is 2.19. The number of rotatable bonds is 5. The summed E-state index contributed by atoms with van der Waals surface area (Å²) in [7, 11) is 0. The summed E-state index contributed by atoms with van der Waals surface area (Å²) in [6, 6.07) is 0. The minimum absolute atomic E-state index is 0.208. The second kappa shape index (κ2) is 5.58. The quantitative estimate of drug-likeness (QED) is 0.668. The average Bonchev–Trinajstić information content (AvgIpc) is 2.61. The first-order chi connectivity index (χ1) is 6.27. The first kappa shape index (κ1) is 11.0. The van der Waals surface area contributed by atoms with E-state index in [2.05, 4.69) is 0 Å². The molecule has 1 aliphatic carbocycles. The molecular weight excluding hydrogens is 166 g/mol. The molecule has 13 heavy (non-hydrogen) atoms. The van der Waals surface area contributed by atoms with Gasteiger partial charge in [0, 0.05) is 12.5 Å². The zero-order valence-corrected chi connectivity index (χ0v) is 8.41. The van der Waals surface area contributed by atoms with Crippen molar-refractivity contribution in [3.8, 4) is 0 Å². The van der Waals surface area contributed by atoms with Crippen LogP contribution in [0.1, 0.15) is 26.2 Å². The number of ether oxygens (including phenoxy) is 1. The van der Waals surface area contributed by atoms with Crippen molar-refractivity contribution >= 4 is 0 Å². The van der Waals surface area contributed by atoms with Crippen LogP contribution in [-0.4, -0.2) is 31.0 Å². The van der Waals surface area contributed by atoms with Gasteiger partial charge in [0.25, 0.3) is 0 Å². The maximum Gasteiger partial charge on any atom is 0.0615 e. The van der Waals surface area contributed by atoms with Gasteiger partial charge in [0.15, 0.2) is 0 Å². The first-order valence-corrected chi connectivity index (χ1v) is 5.20. The summed E-state index contributed by atoms with van der Waals surface area (Å²) in [5.74, 6) is 0.796. The maximum absolute atomic E-state index is 8.83. The molecule has 0 amide bonds. The molecule has 1 saturated carbocycles. The average molecular weight is 187 g/mol. The van der Waals surface area contributed by atoms with Gasteiger partial charge in [0.1, 0.15) is 0 Å². The van der Waals surface area contributed by atoms with Crippen LogP contribution in [0.4, 0.5) is 0 Å². The molecule has 0 aliphatic heterocycles. The molecule has 0 aromatic carbocycles. The van der Waals surface area contributed by atoms with Crippen LogP contribution in [0.5, 0.6) is 0 Å². The highest BCUT2D eigenvalue weighted by atomic mass is 16.5. The van der Waals surface area contributed by atoms with E-state index in [4.69, 9.17) is 15.6 Å². The molecule has 0 aromatic rings. The van der Waals surface area contributed by atoms with Crippen molar-refractivity contribution in [1.29, 1.82) is 0 Å². The number of aliphatic hydroxyl groups excluding tert-OH is 1. The fourth-order valence-corrected chi connectivity index (χ4v) is 1.83. The molecule has 0 radical (unpaired) electrons. The first-order valence-electron chi connectivity index (χ1n) is 5.20. The second-order valence-electron chi connectivity index (χ2n) is 4.09. The van der Waals surface area contributed by atoms with E-state index < -0.39 is 0 Å². The molecule has 1 aliphatic rings. The molecule has 0 heterocycles. The Morgan fingerprint density at radius 1 is 1.54 bits per heavy atom. The van der Waals surface area contributed by atoms with Gasteiger partial charge in [-0.1, -0.05) is 13.3 Å². The van der Waals surface area contributed by atoms with Gasteiger partial charge in [-0.05, 0) is 25.3 Å². The fourth-order valence-electron chi connectivity index (χ4n) is 1.83. The van der Waals surface area contributed by atoms with Crippen molar-refractivity contribution in [2.24, 2.45) is 17.6 Å². The molecule has 78 valence electrons. The molecule has 0 spiro atoms. The van der Waals surface area contributed by atoms with E-state index >= 15 is 0 Å². The monoisotopic (exact) mass is 187 g/mol. The molecule has 1 fully saturated rings. The summed E-state index contributed by atoms with van der Waals surface area (Å²) in [6.07, 6.45) is 3.92. The van der Waals surface area contributed by atoms with E-state index in [1.54, 1.807) is 0 Å². The van der Waals surface area contributed by atoms with Gasteiger partial charge < -0.3 is 15.6 Å². The van der Waals surface area contributed by atoms with Crippen LogP contribution in [0.25, 0.3) is 0 Å². The van der Waals surface area contributed by atoms with Crippen LogP contribution < -0.4 is 5.73 Å². The standard InChI is InChI=1S/C10H21NO2/c1-8(6-12)7-13-10-4-2-3-9(10)5-11/h8-10,12H,2-7,11H2,1H3. The van der Waals surface area contributed by atoms with Gasteiger partial charge in [-0.25, -0.2) is 0 Å². The van der Waals surface area contributed by atoms with Crippen molar-refractivity contribution in [3.05, 3.63) is 0 Å². The van der Waals surface area contributed by atoms with Gasteiger partial charge in [-0.3, -0.25) is 0 Å². The van der Waals surface area contributed by atoms with Crippen molar-refractivity contribution in [3.63, 3.8) is 0 Å². The zero-order valence-electron chi connectivity index (χ0n) is 8.41. The topological polar surface area (TPSA) is 55.5 Å². The predicted molar refractivity (Wildman–Crippen MR) is 52.4 cm³/mol. The molecule has 3 atom stereocenters. The van der Waals surface area contributed by atoms with E-state index in [-0.39, 0.29) is 12.5 Å². The maximum atomic E-state index is 8.83. The summed E-state index contributed by atoms with van der Waals surface area (Å²) in [5, 5.41) is 8.83. The third kappa shape index (κ3) is 3.25. The van der Waals surface area contributed by atoms with Gasteiger partial charge in [0.05, 0.1) is 12.7 Å². The van der Waals surface area contributed by atoms with Crippen LogP contribution in [0, 0.1) is 11.8 Å². The molecule has 3 nitrogen and oxygen atoms in total. The molecule has 3 heteroatoms. The Morgan fingerprint density at radius 2 is 2.31 bits per heavy atom. The minimum atomic E-state index is 0.208. The summed E-state index contributed by atoms with van der Waals surface area (Å²) >= 11 is 0. The second-order valence-corrected chi connectivity index (χ2v) is 4.09. The Labute approximate surface area is 80.3 Å². The molecule has 0 saturated heterocycles. The highest BCUT2D eigenvalue weighted by Gasteiger charge is 2.26. The van der Waals surface area contributed by atoms with Crippen LogP contribution in [0.2, 0.25) is 0 Å². The van der Waals surface area contributed by atoms with Crippen molar-refractivity contribution < 1.29 is 9.84 Å². The number of aliphatic hydroxyl groups is 1. The molecular formula is C10H21NO2. The lowest BCUT2D eigenvalue weighted by Gasteiger charge is -2.20. The van der Waals surface area contributed by atoms with Gasteiger partial charge >= 0.3 is 0 Å². The van der Waals surface area contributed by atoms with Crippen molar-refractivity contribution in [2.75, 3.05) is 19.8 Å². The Bertz CT molecular complexity index is 141. The van der Waals surface area contributed by atoms with Crippen LogP contribution in [0.3, 0.4) is 0 Å². The van der Waals surface area contributed by atoms with Crippen molar-refractivity contribution in [2.45, 2.75) is 32.3 Å². The lowest BCUT2D eigenvalue weighted by Crippen LogP contribution is -2.27. The summed E-state index contributed by atoms with van der Waals surface area (Å²) in [5.41, 5.74) is 5.63. The Morgan fingerprint density at radius 3 is 2.92 bits per heavy atom. The van der Waals surface area contributed by atoms with Crippen LogP contribution in [0.15, 0.2) is 0 Å². The zero-order chi connectivity index (χ0) is 9.68. The van der Waals surface area contributed by atoms with Crippen molar-refractivity contribution in [1.82, 2.24) is 0 Å². The third-order valence-corrected chi connectivity index (χ3v) is 2.80. The van der Waals surface area contributed by atoms with Crippen LogP contribution in [-0.2, 0) is 4.74 Å². The van der Waals surface area contributed by atoms with E-state index in [0.717, 1.165) is 13.0 Å². The number of hydrogen-bond acceptors (Lipinski definition) is 3. The van der Waals surface area contributed by atoms with E-state index in [1.165, 1.54) is 12.8 Å².